The van der Waals surface area contributed by atoms with Gasteiger partial charge in [-0.1, -0.05) is 6.92 Å². The van der Waals surface area contributed by atoms with Crippen molar-refractivity contribution >= 4 is 11.3 Å². The number of rotatable bonds is 2. The van der Waals surface area contributed by atoms with Crippen molar-refractivity contribution < 1.29 is 4.42 Å². The van der Waals surface area contributed by atoms with Crippen LogP contribution in [0.25, 0.3) is 10.8 Å². The molecule has 0 saturated heterocycles. The predicted molar refractivity (Wildman–Crippen MR) is 71.7 cm³/mol. The molecule has 1 fully saturated rings. The van der Waals surface area contributed by atoms with Crippen LogP contribution < -0.4 is 5.32 Å². The largest absolute Gasteiger partial charge is 0.458 e. The second kappa shape index (κ2) is 3.93. The smallest absolute Gasteiger partial charge is 0.162 e. The SMILES string of the molecule is CC1CC1c1ccc(-c2nc3c(s2)CNCC3)o1. The lowest BCUT2D eigenvalue weighted by atomic mass is 10.2. The van der Waals surface area contributed by atoms with Crippen molar-refractivity contribution in [2.75, 3.05) is 6.54 Å². The summed E-state index contributed by atoms with van der Waals surface area (Å²) in [5.74, 6) is 3.53. The van der Waals surface area contributed by atoms with Crippen molar-refractivity contribution in [3.05, 3.63) is 28.5 Å². The minimum atomic E-state index is 0.648. The van der Waals surface area contributed by atoms with Crippen LogP contribution in [0.5, 0.6) is 0 Å². The molecular weight excluding hydrogens is 244 g/mol. The van der Waals surface area contributed by atoms with Gasteiger partial charge in [0.05, 0.1) is 5.69 Å². The summed E-state index contributed by atoms with van der Waals surface area (Å²) in [6.45, 7) is 4.28. The summed E-state index contributed by atoms with van der Waals surface area (Å²) in [5.41, 5.74) is 1.26. The molecule has 2 aliphatic rings. The molecule has 2 aromatic heterocycles. The maximum atomic E-state index is 5.97. The van der Waals surface area contributed by atoms with Crippen LogP contribution in [0, 0.1) is 5.92 Å². The molecule has 94 valence electrons. The third kappa shape index (κ3) is 1.71. The molecule has 3 heterocycles. The monoisotopic (exact) mass is 260 g/mol. The van der Waals surface area contributed by atoms with E-state index in [4.69, 9.17) is 9.40 Å². The number of thiazole rings is 1. The molecule has 2 unspecified atom stereocenters. The van der Waals surface area contributed by atoms with Crippen LogP contribution in [0.2, 0.25) is 0 Å². The predicted octanol–water partition coefficient (Wildman–Crippen LogP) is 3.17. The lowest BCUT2D eigenvalue weighted by Crippen LogP contribution is -2.22. The Morgan fingerprint density at radius 1 is 1.44 bits per heavy atom. The number of hydrogen-bond donors (Lipinski definition) is 1. The van der Waals surface area contributed by atoms with E-state index in [0.29, 0.717) is 5.92 Å². The molecule has 0 bridgehead atoms. The molecule has 2 aromatic rings. The summed E-state index contributed by atoms with van der Waals surface area (Å²) < 4.78 is 5.97. The van der Waals surface area contributed by atoms with Gasteiger partial charge in [0.25, 0.3) is 0 Å². The van der Waals surface area contributed by atoms with E-state index in [2.05, 4.69) is 24.4 Å². The summed E-state index contributed by atoms with van der Waals surface area (Å²) in [5, 5.41) is 4.43. The normalized spacial score (nSPS) is 26.1. The van der Waals surface area contributed by atoms with E-state index < -0.39 is 0 Å². The quantitative estimate of drug-likeness (QED) is 0.901. The molecule has 4 heteroatoms. The first kappa shape index (κ1) is 10.8. The molecular formula is C14H16N2OS. The summed E-state index contributed by atoms with van der Waals surface area (Å²) in [4.78, 5) is 6.09. The third-order valence-electron chi connectivity index (χ3n) is 3.91. The fourth-order valence-electron chi connectivity index (χ4n) is 2.62. The standard InChI is InChI=1S/C14H16N2OS/c1-8-6-9(8)11-2-3-12(17-11)14-16-10-4-5-15-7-13(10)18-14/h2-3,8-9,15H,4-7H2,1H3. The number of aromatic nitrogens is 1. The second-order valence-electron chi connectivity index (χ2n) is 5.34. The minimum Gasteiger partial charge on any atom is -0.458 e. The van der Waals surface area contributed by atoms with Crippen molar-refractivity contribution in [1.82, 2.24) is 10.3 Å². The van der Waals surface area contributed by atoms with Crippen molar-refractivity contribution in [1.29, 1.82) is 0 Å². The number of nitrogens with one attached hydrogen (secondary N) is 1. The average molecular weight is 260 g/mol. The number of fused-ring (bicyclic) bond motifs is 1. The Morgan fingerprint density at radius 2 is 2.33 bits per heavy atom. The molecule has 0 radical (unpaired) electrons. The Bertz CT molecular complexity index is 563. The first-order valence-electron chi connectivity index (χ1n) is 6.60. The Labute approximate surface area is 110 Å². The van der Waals surface area contributed by atoms with Gasteiger partial charge in [-0.05, 0) is 24.5 Å². The van der Waals surface area contributed by atoms with E-state index in [0.717, 1.165) is 42.0 Å². The van der Waals surface area contributed by atoms with Gasteiger partial charge in [-0.25, -0.2) is 4.98 Å². The van der Waals surface area contributed by atoms with Crippen LogP contribution in [-0.2, 0) is 13.0 Å². The molecule has 1 saturated carbocycles. The Morgan fingerprint density at radius 3 is 3.11 bits per heavy atom. The molecule has 4 rings (SSSR count). The topological polar surface area (TPSA) is 38.1 Å². The first-order chi connectivity index (χ1) is 8.81. The van der Waals surface area contributed by atoms with Gasteiger partial charge in [0.15, 0.2) is 10.8 Å². The van der Waals surface area contributed by atoms with Crippen LogP contribution in [0.1, 0.15) is 35.6 Å². The number of hydrogen-bond acceptors (Lipinski definition) is 4. The molecule has 0 spiro atoms. The highest BCUT2D eigenvalue weighted by molar-refractivity contribution is 7.15. The average Bonchev–Trinajstić information content (AvgIpc) is 2.87. The lowest BCUT2D eigenvalue weighted by Gasteiger charge is -2.09. The van der Waals surface area contributed by atoms with Gasteiger partial charge in [0.2, 0.25) is 0 Å². The molecule has 2 atom stereocenters. The highest BCUT2D eigenvalue weighted by Gasteiger charge is 2.36. The van der Waals surface area contributed by atoms with Crippen molar-refractivity contribution in [2.24, 2.45) is 5.92 Å². The number of nitrogens with zero attached hydrogens (tertiary/aromatic N) is 1. The second-order valence-corrected chi connectivity index (χ2v) is 6.42. The van der Waals surface area contributed by atoms with Crippen LogP contribution in [0.15, 0.2) is 16.5 Å². The molecule has 0 aromatic carbocycles. The third-order valence-corrected chi connectivity index (χ3v) is 5.03. The Hall–Kier alpha value is -1.13. The Balaban J connectivity index is 1.65. The van der Waals surface area contributed by atoms with E-state index in [9.17, 15) is 0 Å². The lowest BCUT2D eigenvalue weighted by molar-refractivity contribution is 0.518. The van der Waals surface area contributed by atoms with E-state index in [1.165, 1.54) is 17.0 Å². The van der Waals surface area contributed by atoms with Crippen molar-refractivity contribution in [2.45, 2.75) is 32.2 Å². The van der Waals surface area contributed by atoms with E-state index >= 15 is 0 Å². The molecule has 3 nitrogen and oxygen atoms in total. The van der Waals surface area contributed by atoms with E-state index in [1.54, 1.807) is 11.3 Å². The fourth-order valence-corrected chi connectivity index (χ4v) is 3.66. The minimum absolute atomic E-state index is 0.648. The van der Waals surface area contributed by atoms with Gasteiger partial charge in [-0.15, -0.1) is 11.3 Å². The summed E-state index contributed by atoms with van der Waals surface area (Å²) in [6, 6.07) is 4.21. The molecule has 1 aliphatic heterocycles. The fraction of sp³-hybridized carbons (Fsp3) is 0.500. The van der Waals surface area contributed by atoms with Crippen LogP contribution >= 0.6 is 11.3 Å². The maximum Gasteiger partial charge on any atom is 0.162 e. The maximum absolute atomic E-state index is 5.97. The summed E-state index contributed by atoms with van der Waals surface area (Å²) in [7, 11) is 0. The summed E-state index contributed by atoms with van der Waals surface area (Å²) >= 11 is 1.77. The number of furan rings is 1. The highest BCUT2D eigenvalue weighted by Crippen LogP contribution is 2.48. The zero-order chi connectivity index (χ0) is 12.1. The zero-order valence-electron chi connectivity index (χ0n) is 10.4. The summed E-state index contributed by atoms with van der Waals surface area (Å²) in [6.07, 6.45) is 2.31. The van der Waals surface area contributed by atoms with Crippen LogP contribution in [-0.4, -0.2) is 11.5 Å². The van der Waals surface area contributed by atoms with Gasteiger partial charge < -0.3 is 9.73 Å². The molecule has 1 aliphatic carbocycles. The van der Waals surface area contributed by atoms with Crippen molar-refractivity contribution in [3.63, 3.8) is 0 Å². The van der Waals surface area contributed by atoms with Gasteiger partial charge in [-0.3, -0.25) is 0 Å². The van der Waals surface area contributed by atoms with Crippen LogP contribution in [0.3, 0.4) is 0 Å². The van der Waals surface area contributed by atoms with Gasteiger partial charge >= 0.3 is 0 Å². The first-order valence-corrected chi connectivity index (χ1v) is 7.42. The molecule has 1 N–H and O–H groups in total. The van der Waals surface area contributed by atoms with Gasteiger partial charge in [0.1, 0.15) is 5.76 Å². The van der Waals surface area contributed by atoms with Gasteiger partial charge in [-0.2, -0.15) is 0 Å². The van der Waals surface area contributed by atoms with E-state index in [1.807, 2.05) is 0 Å². The van der Waals surface area contributed by atoms with Crippen molar-refractivity contribution in [3.8, 4) is 10.8 Å². The Kier molecular flexibility index (Phi) is 2.35. The molecule has 18 heavy (non-hydrogen) atoms. The molecule has 0 amide bonds. The highest BCUT2D eigenvalue weighted by atomic mass is 32.1. The zero-order valence-corrected chi connectivity index (χ0v) is 11.2. The van der Waals surface area contributed by atoms with E-state index in [-0.39, 0.29) is 0 Å². The van der Waals surface area contributed by atoms with Gasteiger partial charge in [0, 0.05) is 30.3 Å². The van der Waals surface area contributed by atoms with Crippen LogP contribution in [0.4, 0.5) is 0 Å².